The molecule has 1 unspecified atom stereocenters. The van der Waals surface area contributed by atoms with Crippen LogP contribution in [0.3, 0.4) is 0 Å². The van der Waals surface area contributed by atoms with Gasteiger partial charge in [-0.1, -0.05) is 11.6 Å². The topological polar surface area (TPSA) is 122 Å². The van der Waals surface area contributed by atoms with Crippen LogP contribution in [0.5, 0.6) is 0 Å². The van der Waals surface area contributed by atoms with E-state index in [1.807, 2.05) is 0 Å². The van der Waals surface area contributed by atoms with E-state index >= 15 is 0 Å². The second-order valence-electron chi connectivity index (χ2n) is 3.71. The molecule has 1 rings (SSSR count). The third-order valence-electron chi connectivity index (χ3n) is 2.29. The van der Waals surface area contributed by atoms with Crippen molar-refractivity contribution < 1.29 is 19.5 Å². The van der Waals surface area contributed by atoms with Crippen LogP contribution in [0.15, 0.2) is 18.3 Å². The second kappa shape index (κ2) is 6.69. The van der Waals surface area contributed by atoms with Crippen LogP contribution in [0.1, 0.15) is 23.2 Å². The molecule has 1 heterocycles. The van der Waals surface area contributed by atoms with Crippen LogP contribution >= 0.6 is 11.6 Å². The fraction of sp³-hybridized carbons (Fsp3) is 0.273. The number of carbonyl (C=O) groups excluding carboxylic acids is 2. The van der Waals surface area contributed by atoms with Crippen molar-refractivity contribution in [2.45, 2.75) is 18.9 Å². The average Bonchev–Trinajstić information content (AvgIpc) is 2.34. The van der Waals surface area contributed by atoms with Crippen LogP contribution in [0.4, 0.5) is 0 Å². The Kier molecular flexibility index (Phi) is 5.25. The maximum absolute atomic E-state index is 11.8. The number of carbonyl (C=O) groups is 3. The SMILES string of the molecule is NC(=O)CCC(NC(=O)c1cccnc1Cl)C(=O)O. The highest BCUT2D eigenvalue weighted by molar-refractivity contribution is 6.32. The van der Waals surface area contributed by atoms with Gasteiger partial charge in [-0.15, -0.1) is 0 Å². The van der Waals surface area contributed by atoms with Gasteiger partial charge < -0.3 is 16.2 Å². The largest absolute Gasteiger partial charge is 0.480 e. The summed E-state index contributed by atoms with van der Waals surface area (Å²) < 4.78 is 0. The van der Waals surface area contributed by atoms with E-state index in [0.29, 0.717) is 0 Å². The minimum atomic E-state index is -1.25. The molecule has 0 aliphatic heterocycles. The third kappa shape index (κ3) is 4.55. The smallest absolute Gasteiger partial charge is 0.326 e. The lowest BCUT2D eigenvalue weighted by molar-refractivity contribution is -0.139. The molecule has 0 aromatic carbocycles. The monoisotopic (exact) mass is 285 g/mol. The molecule has 7 nitrogen and oxygen atoms in total. The summed E-state index contributed by atoms with van der Waals surface area (Å²) in [6.45, 7) is 0. The Labute approximate surface area is 113 Å². The highest BCUT2D eigenvalue weighted by atomic mass is 35.5. The Balaban J connectivity index is 2.74. The number of nitrogens with two attached hydrogens (primary N) is 1. The van der Waals surface area contributed by atoms with E-state index in [4.69, 9.17) is 22.4 Å². The Hall–Kier alpha value is -2.15. The molecule has 0 spiro atoms. The van der Waals surface area contributed by atoms with Gasteiger partial charge in [-0.05, 0) is 18.6 Å². The minimum Gasteiger partial charge on any atom is -0.480 e. The molecule has 0 aliphatic carbocycles. The highest BCUT2D eigenvalue weighted by Gasteiger charge is 2.22. The lowest BCUT2D eigenvalue weighted by atomic mass is 10.1. The number of carboxylic acids is 1. The fourth-order valence-electron chi connectivity index (χ4n) is 1.34. The van der Waals surface area contributed by atoms with E-state index in [9.17, 15) is 14.4 Å². The number of nitrogens with zero attached hydrogens (tertiary/aromatic N) is 1. The van der Waals surface area contributed by atoms with Crippen LogP contribution in [0.25, 0.3) is 0 Å². The van der Waals surface area contributed by atoms with E-state index < -0.39 is 23.8 Å². The van der Waals surface area contributed by atoms with Crippen molar-refractivity contribution in [1.82, 2.24) is 10.3 Å². The lowest BCUT2D eigenvalue weighted by Gasteiger charge is -2.13. The van der Waals surface area contributed by atoms with Crippen molar-refractivity contribution in [3.05, 3.63) is 29.0 Å². The number of amides is 2. The standard InChI is InChI=1S/C11H12ClN3O4/c12-9-6(2-1-5-14-9)10(17)15-7(11(18)19)3-4-8(13)16/h1-2,5,7H,3-4H2,(H2,13,16)(H,15,17)(H,18,19). The van der Waals surface area contributed by atoms with Gasteiger partial charge in [-0.25, -0.2) is 9.78 Å². The number of primary amides is 1. The predicted octanol–water partition coefficient (Wildman–Crippen LogP) is 0.183. The van der Waals surface area contributed by atoms with Gasteiger partial charge in [0.25, 0.3) is 5.91 Å². The molecule has 0 saturated heterocycles. The predicted molar refractivity (Wildman–Crippen MR) is 66.6 cm³/mol. The number of nitrogens with one attached hydrogen (secondary N) is 1. The molecule has 8 heteroatoms. The second-order valence-corrected chi connectivity index (χ2v) is 4.07. The van der Waals surface area contributed by atoms with E-state index in [-0.39, 0.29) is 23.6 Å². The molecule has 0 bridgehead atoms. The zero-order chi connectivity index (χ0) is 14.4. The maximum atomic E-state index is 11.8. The van der Waals surface area contributed by atoms with Crippen LogP contribution in [0, 0.1) is 0 Å². The normalized spacial score (nSPS) is 11.6. The summed E-state index contributed by atoms with van der Waals surface area (Å²) in [6, 6.07) is 1.70. The molecule has 1 aromatic rings. The van der Waals surface area contributed by atoms with Gasteiger partial charge in [0.1, 0.15) is 11.2 Å². The van der Waals surface area contributed by atoms with E-state index in [1.165, 1.54) is 18.3 Å². The first kappa shape index (κ1) is 14.9. The molecule has 0 fully saturated rings. The van der Waals surface area contributed by atoms with Gasteiger partial charge in [0.15, 0.2) is 0 Å². The van der Waals surface area contributed by atoms with Gasteiger partial charge in [0, 0.05) is 12.6 Å². The molecule has 0 saturated carbocycles. The summed E-state index contributed by atoms with van der Waals surface area (Å²) in [6.07, 6.45) is 1.17. The quantitative estimate of drug-likeness (QED) is 0.644. The Morgan fingerprint density at radius 1 is 1.47 bits per heavy atom. The van der Waals surface area contributed by atoms with Crippen molar-refractivity contribution in [3.63, 3.8) is 0 Å². The van der Waals surface area contributed by atoms with Crippen LogP contribution < -0.4 is 11.1 Å². The first-order valence-corrected chi connectivity index (χ1v) is 5.72. The van der Waals surface area contributed by atoms with E-state index in [1.54, 1.807) is 0 Å². The fourth-order valence-corrected chi connectivity index (χ4v) is 1.54. The number of aliphatic carboxylic acids is 1. The molecule has 0 radical (unpaired) electrons. The molecular formula is C11H12ClN3O4. The molecule has 0 aliphatic rings. The molecule has 1 atom stereocenters. The Bertz CT molecular complexity index is 506. The lowest BCUT2D eigenvalue weighted by Crippen LogP contribution is -2.41. The number of pyridine rings is 1. The number of halogens is 1. The number of hydrogen-bond acceptors (Lipinski definition) is 4. The van der Waals surface area contributed by atoms with E-state index in [2.05, 4.69) is 10.3 Å². The van der Waals surface area contributed by atoms with Crippen molar-refractivity contribution in [1.29, 1.82) is 0 Å². The number of aromatic nitrogens is 1. The van der Waals surface area contributed by atoms with Gasteiger partial charge in [0.2, 0.25) is 5.91 Å². The first-order chi connectivity index (χ1) is 8.91. The zero-order valence-electron chi connectivity index (χ0n) is 9.80. The summed E-state index contributed by atoms with van der Waals surface area (Å²) in [5.74, 6) is -2.57. The summed E-state index contributed by atoms with van der Waals surface area (Å²) in [5.41, 5.74) is 5.00. The summed E-state index contributed by atoms with van der Waals surface area (Å²) >= 11 is 5.72. The molecule has 102 valence electrons. The number of carboxylic acid groups (broad SMARTS) is 1. The first-order valence-electron chi connectivity index (χ1n) is 5.34. The van der Waals surface area contributed by atoms with Crippen molar-refractivity contribution in [2.24, 2.45) is 5.73 Å². The molecule has 2 amide bonds. The molecule has 4 N–H and O–H groups in total. The third-order valence-corrected chi connectivity index (χ3v) is 2.59. The van der Waals surface area contributed by atoms with Crippen LogP contribution in [-0.2, 0) is 9.59 Å². The number of rotatable bonds is 6. The summed E-state index contributed by atoms with van der Waals surface area (Å²) in [4.78, 5) is 37.1. The average molecular weight is 286 g/mol. The van der Waals surface area contributed by atoms with Crippen molar-refractivity contribution >= 4 is 29.4 Å². The Morgan fingerprint density at radius 2 is 2.16 bits per heavy atom. The summed E-state index contributed by atoms with van der Waals surface area (Å²) in [5, 5.41) is 11.2. The molecule has 19 heavy (non-hydrogen) atoms. The van der Waals surface area contributed by atoms with Gasteiger partial charge in [0.05, 0.1) is 5.56 Å². The number of hydrogen-bond donors (Lipinski definition) is 3. The van der Waals surface area contributed by atoms with Gasteiger partial charge >= 0.3 is 5.97 Å². The van der Waals surface area contributed by atoms with Crippen molar-refractivity contribution in [2.75, 3.05) is 0 Å². The van der Waals surface area contributed by atoms with Crippen LogP contribution in [0.2, 0.25) is 5.15 Å². The zero-order valence-corrected chi connectivity index (χ0v) is 10.6. The van der Waals surface area contributed by atoms with Gasteiger partial charge in [-0.2, -0.15) is 0 Å². The van der Waals surface area contributed by atoms with Crippen molar-refractivity contribution in [3.8, 4) is 0 Å². The Morgan fingerprint density at radius 3 is 2.68 bits per heavy atom. The summed E-state index contributed by atoms with van der Waals surface area (Å²) in [7, 11) is 0. The van der Waals surface area contributed by atoms with Gasteiger partial charge in [-0.3, -0.25) is 9.59 Å². The highest BCUT2D eigenvalue weighted by Crippen LogP contribution is 2.11. The minimum absolute atomic E-state index is 0.0287. The molecule has 1 aromatic heterocycles. The van der Waals surface area contributed by atoms with Crippen LogP contribution in [-0.4, -0.2) is 33.9 Å². The van der Waals surface area contributed by atoms with E-state index in [0.717, 1.165) is 0 Å². The maximum Gasteiger partial charge on any atom is 0.326 e. The molecular weight excluding hydrogens is 274 g/mol.